The maximum absolute atomic E-state index is 13.7. The lowest BCUT2D eigenvalue weighted by molar-refractivity contribution is 0.512. The highest BCUT2D eigenvalue weighted by Crippen LogP contribution is 2.19. The lowest BCUT2D eigenvalue weighted by Crippen LogP contribution is -2.34. The molecular weight excluding hydrogens is 325 g/mol. The van der Waals surface area contributed by atoms with Gasteiger partial charge in [0.25, 0.3) is 0 Å². The maximum atomic E-state index is 13.7. The topological polar surface area (TPSA) is 41.3 Å². The molecule has 4 nitrogen and oxygen atoms in total. The molecule has 1 N–H and O–H groups in total. The average molecular weight is 341 g/mol. The highest BCUT2D eigenvalue weighted by molar-refractivity contribution is 7.80. The zero-order chi connectivity index (χ0) is 16.9. The fourth-order valence-electron chi connectivity index (χ4n) is 2.21. The van der Waals surface area contributed by atoms with E-state index in [2.05, 4.69) is 10.3 Å². The molecule has 0 aliphatic heterocycles. The third kappa shape index (κ3) is 3.78. The third-order valence-electron chi connectivity index (χ3n) is 3.52. The minimum Gasteiger partial charge on any atom is -0.467 e. The molecule has 1 aromatic carbocycles. The van der Waals surface area contributed by atoms with E-state index in [0.29, 0.717) is 22.9 Å². The smallest absolute Gasteiger partial charge is 0.178 e. The molecule has 0 saturated heterocycles. The highest BCUT2D eigenvalue weighted by atomic mass is 32.1. The van der Waals surface area contributed by atoms with Crippen molar-refractivity contribution in [2.45, 2.75) is 13.5 Å². The Morgan fingerprint density at radius 2 is 2.17 bits per heavy atom. The number of pyridine rings is 1. The summed E-state index contributed by atoms with van der Waals surface area (Å²) < 4.78 is 19.1. The second kappa shape index (κ2) is 7.23. The van der Waals surface area contributed by atoms with Crippen molar-refractivity contribution in [3.8, 4) is 0 Å². The molecule has 0 radical (unpaired) electrons. The van der Waals surface area contributed by atoms with E-state index in [-0.39, 0.29) is 5.82 Å². The molecule has 0 fully saturated rings. The van der Waals surface area contributed by atoms with E-state index < -0.39 is 0 Å². The molecule has 6 heteroatoms. The molecule has 0 spiro atoms. The van der Waals surface area contributed by atoms with Gasteiger partial charge in [0, 0.05) is 11.9 Å². The predicted molar refractivity (Wildman–Crippen MR) is 96.5 cm³/mol. The van der Waals surface area contributed by atoms with Gasteiger partial charge in [-0.3, -0.25) is 4.98 Å². The minimum absolute atomic E-state index is 0.276. The van der Waals surface area contributed by atoms with Crippen LogP contribution in [-0.2, 0) is 6.54 Å². The normalized spacial score (nSPS) is 10.4. The Morgan fingerprint density at radius 1 is 1.29 bits per heavy atom. The van der Waals surface area contributed by atoms with Crippen LogP contribution in [0.15, 0.2) is 65.5 Å². The number of hydrogen-bond donors (Lipinski definition) is 1. The Kier molecular flexibility index (Phi) is 4.86. The number of aromatic nitrogens is 1. The van der Waals surface area contributed by atoms with Gasteiger partial charge >= 0.3 is 0 Å². The van der Waals surface area contributed by atoms with Crippen molar-refractivity contribution in [1.29, 1.82) is 0 Å². The number of halogens is 1. The summed E-state index contributed by atoms with van der Waals surface area (Å²) in [6.07, 6.45) is 5.02. The second-order valence-electron chi connectivity index (χ2n) is 5.27. The first-order valence-electron chi connectivity index (χ1n) is 7.40. The highest BCUT2D eigenvalue weighted by Gasteiger charge is 2.15. The molecule has 0 aliphatic carbocycles. The first kappa shape index (κ1) is 16.1. The van der Waals surface area contributed by atoms with Gasteiger partial charge in [-0.2, -0.15) is 0 Å². The summed E-state index contributed by atoms with van der Waals surface area (Å²) in [5.74, 6) is 0.486. The van der Waals surface area contributed by atoms with Crippen molar-refractivity contribution < 1.29 is 8.81 Å². The van der Waals surface area contributed by atoms with Gasteiger partial charge in [0.15, 0.2) is 5.11 Å². The van der Waals surface area contributed by atoms with E-state index in [1.807, 2.05) is 29.2 Å². The lowest BCUT2D eigenvalue weighted by Gasteiger charge is -2.25. The number of aryl methyl sites for hydroxylation is 1. The monoisotopic (exact) mass is 341 g/mol. The van der Waals surface area contributed by atoms with Gasteiger partial charge in [-0.25, -0.2) is 4.39 Å². The quantitative estimate of drug-likeness (QED) is 0.706. The molecule has 0 unspecified atom stereocenters. The fraction of sp³-hybridized carbons (Fsp3) is 0.111. The van der Waals surface area contributed by atoms with Gasteiger partial charge in [0.1, 0.15) is 11.6 Å². The molecule has 0 atom stereocenters. The number of nitrogens with zero attached hydrogens (tertiary/aromatic N) is 2. The minimum atomic E-state index is -0.276. The number of rotatable bonds is 4. The van der Waals surface area contributed by atoms with Crippen LogP contribution < -0.4 is 10.2 Å². The van der Waals surface area contributed by atoms with E-state index in [1.165, 1.54) is 6.07 Å². The molecule has 0 amide bonds. The lowest BCUT2D eigenvalue weighted by atomic mass is 10.2. The van der Waals surface area contributed by atoms with Crippen molar-refractivity contribution in [1.82, 2.24) is 4.98 Å². The summed E-state index contributed by atoms with van der Waals surface area (Å²) in [6.45, 7) is 2.16. The summed E-state index contributed by atoms with van der Waals surface area (Å²) in [5.41, 5.74) is 2.00. The van der Waals surface area contributed by atoms with Gasteiger partial charge in [-0.15, -0.1) is 0 Å². The molecule has 0 bridgehead atoms. The number of furan rings is 1. The summed E-state index contributed by atoms with van der Waals surface area (Å²) in [4.78, 5) is 5.98. The fourth-order valence-corrected chi connectivity index (χ4v) is 2.50. The van der Waals surface area contributed by atoms with E-state index in [9.17, 15) is 4.39 Å². The van der Waals surface area contributed by atoms with Gasteiger partial charge in [0.2, 0.25) is 0 Å². The molecule has 3 aromatic rings. The van der Waals surface area contributed by atoms with E-state index in [0.717, 1.165) is 11.4 Å². The predicted octanol–water partition coefficient (Wildman–Crippen LogP) is 4.53. The van der Waals surface area contributed by atoms with Crippen LogP contribution in [0.2, 0.25) is 0 Å². The SMILES string of the molecule is Cc1ccc(NC(=S)N(Cc2ccco2)c2cccnc2)cc1F. The largest absolute Gasteiger partial charge is 0.467 e. The molecule has 0 saturated carbocycles. The van der Waals surface area contributed by atoms with Crippen molar-refractivity contribution >= 4 is 28.7 Å². The number of benzene rings is 1. The Hall–Kier alpha value is -2.73. The molecule has 2 aromatic heterocycles. The van der Waals surface area contributed by atoms with Crippen LogP contribution in [-0.4, -0.2) is 10.1 Å². The van der Waals surface area contributed by atoms with Crippen LogP contribution >= 0.6 is 12.2 Å². The standard InChI is InChI=1S/C18H16FN3OS/c1-13-6-7-14(10-17(13)19)21-18(24)22(12-16-5-3-9-23-16)15-4-2-8-20-11-15/h2-11H,12H2,1H3,(H,21,24). The van der Waals surface area contributed by atoms with Crippen LogP contribution in [0.25, 0.3) is 0 Å². The van der Waals surface area contributed by atoms with Crippen LogP contribution in [0, 0.1) is 12.7 Å². The second-order valence-corrected chi connectivity index (χ2v) is 5.66. The number of nitrogens with one attached hydrogen (secondary N) is 1. The van der Waals surface area contributed by atoms with Crippen molar-refractivity contribution in [3.05, 3.63) is 78.3 Å². The summed E-state index contributed by atoms with van der Waals surface area (Å²) in [7, 11) is 0. The molecule has 24 heavy (non-hydrogen) atoms. The van der Waals surface area contributed by atoms with E-state index in [4.69, 9.17) is 16.6 Å². The Bertz CT molecular complexity index is 822. The van der Waals surface area contributed by atoms with E-state index >= 15 is 0 Å². The molecule has 122 valence electrons. The zero-order valence-corrected chi connectivity index (χ0v) is 13.9. The van der Waals surface area contributed by atoms with Gasteiger partial charge in [0.05, 0.1) is 24.7 Å². The first-order chi connectivity index (χ1) is 11.6. The molecule has 2 heterocycles. The molecule has 3 rings (SSSR count). The average Bonchev–Trinajstić information content (AvgIpc) is 3.10. The van der Waals surface area contributed by atoms with E-state index in [1.54, 1.807) is 37.7 Å². The van der Waals surface area contributed by atoms with Crippen LogP contribution in [0.5, 0.6) is 0 Å². The zero-order valence-electron chi connectivity index (χ0n) is 13.1. The van der Waals surface area contributed by atoms with Gasteiger partial charge < -0.3 is 14.6 Å². The number of anilines is 2. The Balaban J connectivity index is 1.84. The first-order valence-corrected chi connectivity index (χ1v) is 7.81. The Labute approximate surface area is 144 Å². The van der Waals surface area contributed by atoms with Crippen LogP contribution in [0.1, 0.15) is 11.3 Å². The summed E-state index contributed by atoms with van der Waals surface area (Å²) in [5, 5.41) is 3.50. The van der Waals surface area contributed by atoms with Gasteiger partial charge in [-0.1, -0.05) is 6.07 Å². The third-order valence-corrected chi connectivity index (χ3v) is 3.84. The number of hydrogen-bond acceptors (Lipinski definition) is 3. The van der Waals surface area contributed by atoms with Crippen LogP contribution in [0.4, 0.5) is 15.8 Å². The number of thiocarbonyl (C=S) groups is 1. The van der Waals surface area contributed by atoms with Crippen LogP contribution in [0.3, 0.4) is 0 Å². The molecule has 0 aliphatic rings. The van der Waals surface area contributed by atoms with Crippen molar-refractivity contribution in [2.75, 3.05) is 10.2 Å². The summed E-state index contributed by atoms with van der Waals surface area (Å²) in [6, 6.07) is 12.4. The van der Waals surface area contributed by atoms with Gasteiger partial charge in [-0.05, 0) is 61.1 Å². The van der Waals surface area contributed by atoms with Crippen molar-refractivity contribution in [2.24, 2.45) is 0 Å². The Morgan fingerprint density at radius 3 is 2.83 bits per heavy atom. The van der Waals surface area contributed by atoms with Crippen molar-refractivity contribution in [3.63, 3.8) is 0 Å². The molecular formula is C18H16FN3OS. The maximum Gasteiger partial charge on any atom is 0.178 e. The summed E-state index contributed by atoms with van der Waals surface area (Å²) >= 11 is 5.51.